The van der Waals surface area contributed by atoms with Gasteiger partial charge in [0.1, 0.15) is 5.82 Å². The lowest BCUT2D eigenvalue weighted by Crippen LogP contribution is -2.39. The Morgan fingerprint density at radius 3 is 2.52 bits per heavy atom. The second-order valence-corrected chi connectivity index (χ2v) is 5.67. The molecule has 0 fully saturated rings. The second-order valence-electron chi connectivity index (χ2n) is 4.76. The summed E-state index contributed by atoms with van der Waals surface area (Å²) in [7, 11) is 0. The van der Waals surface area contributed by atoms with Crippen molar-refractivity contribution in [3.05, 3.63) is 28.5 Å². The predicted molar refractivity (Wildman–Crippen MR) is 79.0 cm³/mol. The summed E-state index contributed by atoms with van der Waals surface area (Å²) in [6, 6.07) is 2.79. The van der Waals surface area contributed by atoms with Gasteiger partial charge in [-0.2, -0.15) is 13.2 Å². The molecule has 0 aliphatic heterocycles. The first kappa shape index (κ1) is 17.4. The molecule has 0 radical (unpaired) electrons. The highest BCUT2D eigenvalue weighted by molar-refractivity contribution is 9.10. The van der Waals surface area contributed by atoms with E-state index in [4.69, 9.17) is 5.11 Å². The van der Waals surface area contributed by atoms with Gasteiger partial charge in [-0.3, -0.25) is 0 Å². The number of nitrogens with one attached hydrogen (secondary N) is 1. The van der Waals surface area contributed by atoms with Crippen molar-refractivity contribution in [1.82, 2.24) is 9.97 Å². The molecule has 2 atom stereocenters. The first-order valence-corrected chi connectivity index (χ1v) is 7.11. The van der Waals surface area contributed by atoms with E-state index in [1.165, 1.54) is 25.1 Å². The molecule has 0 amide bonds. The molecule has 23 heavy (non-hydrogen) atoms. The SMILES string of the molecule is CC(O)C(Nc1nc(C(F)(F)F)nc2ccc(Br)cc12)C(=O)O. The Hall–Kier alpha value is -1.94. The number of aliphatic hydroxyl groups is 1. The number of carboxylic acids is 1. The van der Waals surface area contributed by atoms with Crippen molar-refractivity contribution in [3.8, 4) is 0 Å². The third-order valence-electron chi connectivity index (χ3n) is 2.95. The quantitative estimate of drug-likeness (QED) is 0.738. The van der Waals surface area contributed by atoms with E-state index in [-0.39, 0.29) is 16.7 Å². The van der Waals surface area contributed by atoms with Gasteiger partial charge in [-0.05, 0) is 25.1 Å². The number of carboxylic acid groups (broad SMARTS) is 1. The predicted octanol–water partition coefficient (Wildman–Crippen LogP) is 2.66. The normalized spacial score (nSPS) is 14.5. The number of hydrogen-bond donors (Lipinski definition) is 3. The Morgan fingerprint density at radius 1 is 1.35 bits per heavy atom. The van der Waals surface area contributed by atoms with E-state index in [1.54, 1.807) is 0 Å². The fourth-order valence-corrected chi connectivity index (χ4v) is 2.23. The maximum atomic E-state index is 12.9. The smallest absolute Gasteiger partial charge is 0.451 e. The molecule has 3 N–H and O–H groups in total. The number of anilines is 1. The first-order chi connectivity index (χ1) is 10.6. The summed E-state index contributed by atoms with van der Waals surface area (Å²) in [6.07, 6.45) is -6.14. The molecular formula is C13H11BrF3N3O3. The summed E-state index contributed by atoms with van der Waals surface area (Å²) < 4.78 is 39.3. The van der Waals surface area contributed by atoms with E-state index in [1.807, 2.05) is 0 Å². The monoisotopic (exact) mass is 393 g/mol. The average Bonchev–Trinajstić information content (AvgIpc) is 2.42. The van der Waals surface area contributed by atoms with Gasteiger partial charge in [0.05, 0.1) is 11.6 Å². The van der Waals surface area contributed by atoms with Gasteiger partial charge in [-0.1, -0.05) is 15.9 Å². The molecule has 2 rings (SSSR count). The van der Waals surface area contributed by atoms with Gasteiger partial charge in [-0.25, -0.2) is 14.8 Å². The summed E-state index contributed by atoms with van der Waals surface area (Å²) in [5.74, 6) is -3.14. The third kappa shape index (κ3) is 3.88. The van der Waals surface area contributed by atoms with Gasteiger partial charge in [0.2, 0.25) is 5.82 Å². The number of alkyl halides is 3. The number of benzene rings is 1. The Labute approximate surface area is 136 Å². The third-order valence-corrected chi connectivity index (χ3v) is 3.45. The molecule has 1 aromatic heterocycles. The lowest BCUT2D eigenvalue weighted by molar-refractivity contribution is -0.144. The van der Waals surface area contributed by atoms with Crippen LogP contribution in [-0.4, -0.2) is 38.3 Å². The van der Waals surface area contributed by atoms with Crippen LogP contribution in [0.5, 0.6) is 0 Å². The zero-order valence-electron chi connectivity index (χ0n) is 11.6. The number of nitrogens with zero attached hydrogens (tertiary/aromatic N) is 2. The Kier molecular flexibility index (Phi) is 4.76. The minimum atomic E-state index is -4.79. The van der Waals surface area contributed by atoms with Crippen LogP contribution in [0.1, 0.15) is 12.7 Å². The lowest BCUT2D eigenvalue weighted by Gasteiger charge is -2.19. The highest BCUT2D eigenvalue weighted by Crippen LogP contribution is 2.31. The molecule has 1 heterocycles. The van der Waals surface area contributed by atoms with Crippen LogP contribution in [0.4, 0.5) is 19.0 Å². The van der Waals surface area contributed by atoms with Crippen LogP contribution in [0.25, 0.3) is 10.9 Å². The molecule has 0 bridgehead atoms. The van der Waals surface area contributed by atoms with Crippen molar-refractivity contribution >= 4 is 38.6 Å². The van der Waals surface area contributed by atoms with Crippen LogP contribution in [0, 0.1) is 0 Å². The molecule has 1 aromatic carbocycles. The van der Waals surface area contributed by atoms with Crippen LogP contribution >= 0.6 is 15.9 Å². The fraction of sp³-hybridized carbons (Fsp3) is 0.308. The Morgan fingerprint density at radius 2 is 2.00 bits per heavy atom. The summed E-state index contributed by atoms with van der Waals surface area (Å²) in [6.45, 7) is 1.20. The van der Waals surface area contributed by atoms with Gasteiger partial charge >= 0.3 is 12.1 Å². The van der Waals surface area contributed by atoms with Crippen molar-refractivity contribution in [2.24, 2.45) is 0 Å². The number of carbonyl (C=O) groups is 1. The summed E-state index contributed by atoms with van der Waals surface area (Å²) in [5, 5.41) is 21.1. The van der Waals surface area contributed by atoms with E-state index in [9.17, 15) is 23.1 Å². The number of hydrogen-bond acceptors (Lipinski definition) is 5. The van der Waals surface area contributed by atoms with Crippen LogP contribution in [-0.2, 0) is 11.0 Å². The van der Waals surface area contributed by atoms with Crippen LogP contribution < -0.4 is 5.32 Å². The molecule has 0 spiro atoms. The first-order valence-electron chi connectivity index (χ1n) is 6.31. The molecule has 0 aliphatic carbocycles. The van der Waals surface area contributed by atoms with Gasteiger partial charge < -0.3 is 15.5 Å². The van der Waals surface area contributed by atoms with Gasteiger partial charge in [0.25, 0.3) is 0 Å². The van der Waals surface area contributed by atoms with Crippen LogP contribution in [0.15, 0.2) is 22.7 Å². The fourth-order valence-electron chi connectivity index (χ4n) is 1.87. The molecule has 10 heteroatoms. The molecule has 0 aliphatic rings. The topological polar surface area (TPSA) is 95.3 Å². The number of aliphatic hydroxyl groups excluding tert-OH is 1. The van der Waals surface area contributed by atoms with Crippen LogP contribution in [0.2, 0.25) is 0 Å². The van der Waals surface area contributed by atoms with E-state index < -0.39 is 30.1 Å². The maximum Gasteiger partial charge on any atom is 0.451 e. The van der Waals surface area contributed by atoms with E-state index in [0.717, 1.165) is 0 Å². The van der Waals surface area contributed by atoms with Crippen molar-refractivity contribution in [3.63, 3.8) is 0 Å². The lowest BCUT2D eigenvalue weighted by atomic mass is 10.1. The molecule has 2 aromatic rings. The minimum Gasteiger partial charge on any atom is -0.480 e. The van der Waals surface area contributed by atoms with Crippen molar-refractivity contribution in [1.29, 1.82) is 0 Å². The summed E-state index contributed by atoms with van der Waals surface area (Å²) in [4.78, 5) is 17.9. The zero-order valence-corrected chi connectivity index (χ0v) is 13.2. The zero-order chi connectivity index (χ0) is 17.4. The number of rotatable bonds is 4. The summed E-state index contributed by atoms with van der Waals surface area (Å²) in [5.41, 5.74) is -0.00671. The number of halogens is 4. The van der Waals surface area contributed by atoms with E-state index in [0.29, 0.717) is 4.47 Å². The Balaban J connectivity index is 2.63. The highest BCUT2D eigenvalue weighted by Gasteiger charge is 2.36. The van der Waals surface area contributed by atoms with Gasteiger partial charge in [-0.15, -0.1) is 0 Å². The molecule has 0 saturated heterocycles. The van der Waals surface area contributed by atoms with Crippen molar-refractivity contribution in [2.75, 3.05) is 5.32 Å². The molecule has 124 valence electrons. The number of fused-ring (bicyclic) bond motifs is 1. The molecular weight excluding hydrogens is 383 g/mol. The standard InChI is InChI=1S/C13H11BrF3N3O3/c1-5(21)9(11(22)23)19-10-7-4-6(14)2-3-8(7)18-12(20-10)13(15,16)17/h2-5,9,21H,1H3,(H,22,23)(H,18,19,20). The van der Waals surface area contributed by atoms with E-state index in [2.05, 4.69) is 31.2 Å². The number of aliphatic carboxylic acids is 1. The van der Waals surface area contributed by atoms with Gasteiger partial charge in [0, 0.05) is 9.86 Å². The van der Waals surface area contributed by atoms with Crippen molar-refractivity contribution in [2.45, 2.75) is 25.2 Å². The largest absolute Gasteiger partial charge is 0.480 e. The average molecular weight is 394 g/mol. The summed E-state index contributed by atoms with van der Waals surface area (Å²) >= 11 is 3.18. The molecule has 0 saturated carbocycles. The second kappa shape index (κ2) is 6.28. The van der Waals surface area contributed by atoms with Crippen molar-refractivity contribution < 1.29 is 28.2 Å². The molecule has 6 nitrogen and oxygen atoms in total. The minimum absolute atomic E-state index is 0.00671. The Bertz CT molecular complexity index is 752. The number of aromatic nitrogens is 2. The molecule has 2 unspecified atom stereocenters. The van der Waals surface area contributed by atoms with E-state index >= 15 is 0 Å². The van der Waals surface area contributed by atoms with Crippen LogP contribution in [0.3, 0.4) is 0 Å². The maximum absolute atomic E-state index is 12.9. The highest BCUT2D eigenvalue weighted by atomic mass is 79.9. The van der Waals surface area contributed by atoms with Gasteiger partial charge in [0.15, 0.2) is 6.04 Å².